The van der Waals surface area contributed by atoms with E-state index in [0.29, 0.717) is 11.3 Å². The molecule has 3 amide bonds. The van der Waals surface area contributed by atoms with Crippen molar-refractivity contribution in [2.75, 3.05) is 18.5 Å². The Morgan fingerprint density at radius 3 is 2.20 bits per heavy atom. The van der Waals surface area contributed by atoms with Crippen molar-refractivity contribution in [3.05, 3.63) is 64.7 Å². The van der Waals surface area contributed by atoms with Gasteiger partial charge in [-0.1, -0.05) is 36.4 Å². The van der Waals surface area contributed by atoms with Crippen LogP contribution in [0.15, 0.2) is 42.5 Å². The van der Waals surface area contributed by atoms with Crippen LogP contribution < -0.4 is 10.6 Å². The molecule has 0 aliphatic carbocycles. The fourth-order valence-electron chi connectivity index (χ4n) is 3.74. The number of carbonyl (C=O) groups excluding carboxylic acids is 3. The lowest BCUT2D eigenvalue weighted by molar-refractivity contribution is -0.141. The highest BCUT2D eigenvalue weighted by atomic mass is 16.6. The minimum atomic E-state index is -1.27. The lowest BCUT2D eigenvalue weighted by atomic mass is 9.95. The van der Waals surface area contributed by atoms with Crippen LogP contribution >= 0.6 is 0 Å². The van der Waals surface area contributed by atoms with Crippen molar-refractivity contribution < 1.29 is 24.2 Å². The average molecular weight is 484 g/mol. The number of nitrogens with one attached hydrogen (secondary N) is 2. The number of alkyl carbamates (subject to hydrolysis) is 1. The number of hydrogen-bond acceptors (Lipinski definition) is 5. The van der Waals surface area contributed by atoms with E-state index in [1.54, 1.807) is 33.8 Å². The first kappa shape index (κ1) is 27.9. The molecule has 0 heterocycles. The van der Waals surface area contributed by atoms with Crippen molar-refractivity contribution in [2.24, 2.45) is 0 Å². The smallest absolute Gasteiger partial charge is 0.408 e. The first-order valence-corrected chi connectivity index (χ1v) is 11.7. The number of aliphatic hydroxyl groups is 1. The van der Waals surface area contributed by atoms with Crippen molar-refractivity contribution in [2.45, 2.75) is 66.2 Å². The molecule has 190 valence electrons. The molecule has 2 rings (SSSR count). The summed E-state index contributed by atoms with van der Waals surface area (Å²) >= 11 is 0. The summed E-state index contributed by atoms with van der Waals surface area (Å²) < 4.78 is 5.24. The molecular formula is C27H37N3O5. The Morgan fingerprint density at radius 2 is 1.63 bits per heavy atom. The predicted octanol–water partition coefficient (Wildman–Crippen LogP) is 4.03. The zero-order valence-corrected chi connectivity index (χ0v) is 21.6. The van der Waals surface area contributed by atoms with Crippen LogP contribution in [-0.4, -0.2) is 52.7 Å². The Kier molecular flexibility index (Phi) is 9.42. The quantitative estimate of drug-likeness (QED) is 0.526. The van der Waals surface area contributed by atoms with E-state index in [1.807, 2.05) is 57.2 Å². The number of rotatable bonds is 8. The zero-order valence-electron chi connectivity index (χ0n) is 21.6. The number of hydrogen-bond donors (Lipinski definition) is 3. The molecule has 8 nitrogen and oxygen atoms in total. The number of likely N-dealkylation sites (N-methyl/N-ethyl adjacent to an activating group) is 1. The van der Waals surface area contributed by atoms with Gasteiger partial charge in [-0.15, -0.1) is 0 Å². The number of anilines is 1. The Bertz CT molecular complexity index is 1060. The molecule has 2 aromatic rings. The summed E-state index contributed by atoms with van der Waals surface area (Å²) in [5, 5.41) is 15.3. The molecule has 0 aromatic heterocycles. The van der Waals surface area contributed by atoms with E-state index in [-0.39, 0.29) is 6.54 Å². The minimum absolute atomic E-state index is 0.171. The summed E-state index contributed by atoms with van der Waals surface area (Å²) in [6, 6.07) is 10.7. The van der Waals surface area contributed by atoms with E-state index in [4.69, 9.17) is 4.74 Å². The minimum Gasteiger partial charge on any atom is -0.444 e. The molecule has 8 heteroatoms. The topological polar surface area (TPSA) is 108 Å². The highest BCUT2D eigenvalue weighted by molar-refractivity contribution is 5.99. The first-order chi connectivity index (χ1) is 16.4. The Balaban J connectivity index is 2.46. The van der Waals surface area contributed by atoms with Gasteiger partial charge in [0, 0.05) is 12.2 Å². The molecule has 0 saturated heterocycles. The van der Waals surface area contributed by atoms with Crippen molar-refractivity contribution in [1.29, 1.82) is 0 Å². The normalized spacial score (nSPS) is 12.9. The first-order valence-electron chi connectivity index (χ1n) is 11.7. The maximum absolute atomic E-state index is 13.7. The highest BCUT2D eigenvalue weighted by Crippen LogP contribution is 2.29. The number of aryl methyl sites for hydroxylation is 2. The summed E-state index contributed by atoms with van der Waals surface area (Å²) in [4.78, 5) is 40.9. The maximum atomic E-state index is 13.7. The molecule has 0 bridgehead atoms. The molecule has 0 fully saturated rings. The maximum Gasteiger partial charge on any atom is 0.408 e. The van der Waals surface area contributed by atoms with E-state index < -0.39 is 42.2 Å². The number of ether oxygens (including phenoxy) is 1. The van der Waals surface area contributed by atoms with Crippen LogP contribution in [0, 0.1) is 20.8 Å². The fourth-order valence-corrected chi connectivity index (χ4v) is 3.74. The van der Waals surface area contributed by atoms with Gasteiger partial charge in [-0.05, 0) is 76.8 Å². The monoisotopic (exact) mass is 483 g/mol. The summed E-state index contributed by atoms with van der Waals surface area (Å²) in [6.45, 7) is 12.1. The van der Waals surface area contributed by atoms with Crippen molar-refractivity contribution in [3.63, 3.8) is 0 Å². The van der Waals surface area contributed by atoms with Gasteiger partial charge in [-0.2, -0.15) is 0 Å². The van der Waals surface area contributed by atoms with Gasteiger partial charge in [0.15, 0.2) is 0 Å². The van der Waals surface area contributed by atoms with Crippen LogP contribution in [0.5, 0.6) is 0 Å². The third-order valence-corrected chi connectivity index (χ3v) is 5.70. The SMILES string of the molecule is CCN(C(=O)C(CO)NC(=O)OC(C)(C)C)C(C(=O)Nc1ccccc1C)c1cccc(C)c1C. The third kappa shape index (κ3) is 7.29. The fraction of sp³-hybridized carbons (Fsp3) is 0.444. The summed E-state index contributed by atoms with van der Waals surface area (Å²) in [7, 11) is 0. The van der Waals surface area contributed by atoms with E-state index in [1.165, 1.54) is 4.90 Å². The molecule has 0 radical (unpaired) electrons. The molecule has 0 aliphatic heterocycles. The van der Waals surface area contributed by atoms with Crippen molar-refractivity contribution in [3.8, 4) is 0 Å². The van der Waals surface area contributed by atoms with Gasteiger partial charge in [0.2, 0.25) is 5.91 Å². The number of carbonyl (C=O) groups is 3. The molecule has 3 N–H and O–H groups in total. The van der Waals surface area contributed by atoms with E-state index in [0.717, 1.165) is 16.7 Å². The summed E-state index contributed by atoms with van der Waals surface area (Å²) in [5.41, 5.74) is 3.28. The molecule has 0 spiro atoms. The van der Waals surface area contributed by atoms with Crippen molar-refractivity contribution >= 4 is 23.6 Å². The van der Waals surface area contributed by atoms with Gasteiger partial charge >= 0.3 is 6.09 Å². The number of benzene rings is 2. The molecule has 0 aliphatic rings. The van der Waals surface area contributed by atoms with Crippen LogP contribution in [-0.2, 0) is 14.3 Å². The van der Waals surface area contributed by atoms with Crippen LogP contribution in [0.4, 0.5) is 10.5 Å². The standard InChI is InChI=1S/C27H37N3O5/c1-8-30(25(33)22(16-31)29-26(34)35-27(5,6)7)23(20-14-11-13-17(2)19(20)4)24(32)28-21-15-10-9-12-18(21)3/h9-15,22-23,31H,8,16H2,1-7H3,(H,28,32)(H,29,34). The molecule has 35 heavy (non-hydrogen) atoms. The number of para-hydroxylation sites is 1. The molecular weight excluding hydrogens is 446 g/mol. The van der Waals surface area contributed by atoms with E-state index in [2.05, 4.69) is 10.6 Å². The Hall–Kier alpha value is -3.39. The molecule has 0 saturated carbocycles. The van der Waals surface area contributed by atoms with Crippen LogP contribution in [0.1, 0.15) is 56.0 Å². The van der Waals surface area contributed by atoms with E-state index >= 15 is 0 Å². The van der Waals surface area contributed by atoms with Gasteiger partial charge in [0.05, 0.1) is 6.61 Å². The summed E-state index contributed by atoms with van der Waals surface area (Å²) in [5.74, 6) is -0.983. The van der Waals surface area contributed by atoms with Gasteiger partial charge in [0.1, 0.15) is 17.7 Å². The van der Waals surface area contributed by atoms with Gasteiger partial charge in [-0.25, -0.2) is 4.79 Å². The molecule has 2 unspecified atom stereocenters. The Labute approximate surface area is 207 Å². The predicted molar refractivity (Wildman–Crippen MR) is 136 cm³/mol. The lowest BCUT2D eigenvalue weighted by Gasteiger charge is -2.34. The summed E-state index contributed by atoms with van der Waals surface area (Å²) in [6.07, 6.45) is -0.825. The van der Waals surface area contributed by atoms with Crippen LogP contribution in [0.25, 0.3) is 0 Å². The zero-order chi connectivity index (χ0) is 26.3. The second kappa shape index (κ2) is 11.8. The lowest BCUT2D eigenvalue weighted by Crippen LogP contribution is -2.53. The Morgan fingerprint density at radius 1 is 1.00 bits per heavy atom. The third-order valence-electron chi connectivity index (χ3n) is 5.70. The number of nitrogens with zero attached hydrogens (tertiary/aromatic N) is 1. The molecule has 2 aromatic carbocycles. The molecule has 2 atom stereocenters. The second-order valence-corrected chi connectivity index (χ2v) is 9.50. The van der Waals surface area contributed by atoms with Gasteiger partial charge < -0.3 is 25.4 Å². The number of aliphatic hydroxyl groups excluding tert-OH is 1. The van der Waals surface area contributed by atoms with Gasteiger partial charge in [0.25, 0.3) is 5.91 Å². The van der Waals surface area contributed by atoms with Crippen molar-refractivity contribution in [1.82, 2.24) is 10.2 Å². The van der Waals surface area contributed by atoms with Gasteiger partial charge in [-0.3, -0.25) is 9.59 Å². The van der Waals surface area contributed by atoms with Crippen LogP contribution in [0.3, 0.4) is 0 Å². The largest absolute Gasteiger partial charge is 0.444 e. The number of amides is 3. The average Bonchev–Trinajstić information content (AvgIpc) is 2.78. The second-order valence-electron chi connectivity index (χ2n) is 9.50. The highest BCUT2D eigenvalue weighted by Gasteiger charge is 2.36. The van der Waals surface area contributed by atoms with Crippen LogP contribution in [0.2, 0.25) is 0 Å². The van der Waals surface area contributed by atoms with E-state index in [9.17, 15) is 19.5 Å².